The third-order valence-electron chi connectivity index (χ3n) is 4.06. The molecule has 1 saturated carbocycles. The Morgan fingerprint density at radius 1 is 1.33 bits per heavy atom. The van der Waals surface area contributed by atoms with Gasteiger partial charge >= 0.3 is 0 Å². The molecular weight excluding hydrogens is 282 g/mol. The van der Waals surface area contributed by atoms with E-state index >= 15 is 0 Å². The van der Waals surface area contributed by atoms with Crippen molar-refractivity contribution in [1.82, 2.24) is 25.5 Å². The molecule has 0 saturated heterocycles. The molecule has 1 aromatic heterocycles. The highest BCUT2D eigenvalue weighted by Gasteiger charge is 2.23. The average molecular weight is 311 g/mol. The third-order valence-corrected chi connectivity index (χ3v) is 5.33. The highest BCUT2D eigenvalue weighted by atomic mass is 32.2. The first-order chi connectivity index (χ1) is 9.98. The lowest BCUT2D eigenvalue weighted by Crippen LogP contribution is -2.38. The Bertz CT molecular complexity index is 426. The van der Waals surface area contributed by atoms with E-state index in [0.29, 0.717) is 5.25 Å². The van der Waals surface area contributed by atoms with Gasteiger partial charge in [0.05, 0.1) is 6.54 Å². The van der Waals surface area contributed by atoms with Crippen LogP contribution in [-0.4, -0.2) is 37.5 Å². The van der Waals surface area contributed by atoms with Crippen molar-refractivity contribution in [3.63, 3.8) is 0 Å². The van der Waals surface area contributed by atoms with E-state index < -0.39 is 0 Å². The molecular formula is C15H29N5S. The number of hydrogen-bond acceptors (Lipinski definition) is 5. The Hall–Kier alpha value is -0.620. The third kappa shape index (κ3) is 5.58. The first-order valence-corrected chi connectivity index (χ1v) is 9.03. The number of thioether (sulfide) groups is 1. The van der Waals surface area contributed by atoms with Crippen molar-refractivity contribution in [2.24, 2.45) is 5.92 Å². The van der Waals surface area contributed by atoms with E-state index in [1.807, 2.05) is 16.4 Å². The van der Waals surface area contributed by atoms with Crippen LogP contribution in [-0.2, 0) is 6.54 Å². The second-order valence-electron chi connectivity index (χ2n) is 7.04. The van der Waals surface area contributed by atoms with Crippen molar-refractivity contribution in [3.05, 3.63) is 0 Å². The molecule has 2 atom stereocenters. The first-order valence-electron chi connectivity index (χ1n) is 8.16. The van der Waals surface area contributed by atoms with Crippen LogP contribution in [0, 0.1) is 5.92 Å². The normalized spacial score (nSPS) is 23.4. The predicted molar refractivity (Wildman–Crippen MR) is 87.5 cm³/mol. The molecule has 0 radical (unpaired) electrons. The van der Waals surface area contributed by atoms with Gasteiger partial charge in [0, 0.05) is 17.3 Å². The van der Waals surface area contributed by atoms with Gasteiger partial charge in [-0.25, -0.2) is 4.68 Å². The van der Waals surface area contributed by atoms with Crippen LogP contribution in [0.4, 0.5) is 0 Å². The smallest absolute Gasteiger partial charge is 0.209 e. The minimum Gasteiger partial charge on any atom is -0.310 e. The van der Waals surface area contributed by atoms with Gasteiger partial charge in [-0.15, -0.1) is 5.10 Å². The fraction of sp³-hybridized carbons (Fsp3) is 0.933. The van der Waals surface area contributed by atoms with Crippen molar-refractivity contribution >= 4 is 11.8 Å². The van der Waals surface area contributed by atoms with Crippen molar-refractivity contribution in [3.8, 4) is 0 Å². The first kappa shape index (κ1) is 16.7. The Labute approximate surface area is 132 Å². The van der Waals surface area contributed by atoms with Crippen LogP contribution in [0.3, 0.4) is 0 Å². The largest absolute Gasteiger partial charge is 0.310 e. The van der Waals surface area contributed by atoms with Gasteiger partial charge in [0.15, 0.2) is 0 Å². The van der Waals surface area contributed by atoms with Crippen LogP contribution in [0.25, 0.3) is 0 Å². The highest BCUT2D eigenvalue weighted by Crippen LogP contribution is 2.36. The molecule has 1 fully saturated rings. The van der Waals surface area contributed by atoms with Crippen LogP contribution < -0.4 is 5.32 Å². The molecule has 2 rings (SSSR count). The van der Waals surface area contributed by atoms with E-state index in [1.165, 1.54) is 32.1 Å². The predicted octanol–water partition coefficient (Wildman–Crippen LogP) is 3.12. The van der Waals surface area contributed by atoms with Crippen LogP contribution in [0.2, 0.25) is 0 Å². The Kier molecular flexibility index (Phi) is 6.05. The van der Waals surface area contributed by atoms with E-state index in [2.05, 4.69) is 48.5 Å². The Morgan fingerprint density at radius 2 is 2.14 bits per heavy atom. The van der Waals surface area contributed by atoms with Gasteiger partial charge in [-0.05, 0) is 50.0 Å². The highest BCUT2D eigenvalue weighted by molar-refractivity contribution is 7.99. The molecule has 1 aromatic rings. The van der Waals surface area contributed by atoms with E-state index in [9.17, 15) is 0 Å². The van der Waals surface area contributed by atoms with Gasteiger partial charge in [-0.3, -0.25) is 0 Å². The quantitative estimate of drug-likeness (QED) is 0.875. The van der Waals surface area contributed by atoms with Gasteiger partial charge < -0.3 is 5.32 Å². The lowest BCUT2D eigenvalue weighted by atomic mass is 9.87. The molecule has 0 aliphatic heterocycles. The number of tetrazole rings is 1. The molecule has 6 heteroatoms. The molecule has 0 spiro atoms. The standard InChI is InChI=1S/C15H29N5S/c1-5-12-7-6-8-13(11-12)21-14-17-18-19-20(14)10-9-16-15(2,3)4/h12-13,16H,5-11H2,1-4H3. The van der Waals surface area contributed by atoms with E-state index in [0.717, 1.165) is 24.2 Å². The van der Waals surface area contributed by atoms with Gasteiger partial charge in [0.2, 0.25) is 5.16 Å². The molecule has 1 heterocycles. The SMILES string of the molecule is CCC1CCCC(Sc2nnnn2CCNC(C)(C)C)C1. The number of aromatic nitrogens is 4. The summed E-state index contributed by atoms with van der Waals surface area (Å²) in [5, 5.41) is 17.3. The summed E-state index contributed by atoms with van der Waals surface area (Å²) in [5.74, 6) is 0.892. The lowest BCUT2D eigenvalue weighted by molar-refractivity contribution is 0.356. The Morgan fingerprint density at radius 3 is 2.86 bits per heavy atom. The van der Waals surface area contributed by atoms with E-state index in [4.69, 9.17) is 0 Å². The Balaban J connectivity index is 1.85. The maximum absolute atomic E-state index is 4.21. The monoisotopic (exact) mass is 311 g/mol. The summed E-state index contributed by atoms with van der Waals surface area (Å²) >= 11 is 1.87. The molecule has 2 unspecified atom stereocenters. The number of nitrogens with one attached hydrogen (secondary N) is 1. The average Bonchev–Trinajstić information content (AvgIpc) is 2.85. The van der Waals surface area contributed by atoms with Crippen LogP contribution in [0.5, 0.6) is 0 Å². The van der Waals surface area contributed by atoms with Crippen molar-refractivity contribution in [2.75, 3.05) is 6.54 Å². The fourth-order valence-corrected chi connectivity index (χ4v) is 4.11. The zero-order valence-corrected chi connectivity index (χ0v) is 14.6. The molecule has 21 heavy (non-hydrogen) atoms. The summed E-state index contributed by atoms with van der Waals surface area (Å²) in [6.45, 7) is 10.6. The second kappa shape index (κ2) is 7.58. The molecule has 5 nitrogen and oxygen atoms in total. The minimum absolute atomic E-state index is 0.138. The maximum atomic E-state index is 4.21. The van der Waals surface area contributed by atoms with Gasteiger partial charge in [-0.2, -0.15) is 0 Å². The summed E-state index contributed by atoms with van der Waals surface area (Å²) in [5.41, 5.74) is 0.138. The summed E-state index contributed by atoms with van der Waals surface area (Å²) in [7, 11) is 0. The topological polar surface area (TPSA) is 55.6 Å². The van der Waals surface area contributed by atoms with Crippen molar-refractivity contribution in [2.45, 2.75) is 82.3 Å². The second-order valence-corrected chi connectivity index (χ2v) is 8.31. The van der Waals surface area contributed by atoms with E-state index in [-0.39, 0.29) is 5.54 Å². The lowest BCUT2D eigenvalue weighted by Gasteiger charge is -2.27. The van der Waals surface area contributed by atoms with Gasteiger partial charge in [0.25, 0.3) is 0 Å². The molecule has 1 aliphatic carbocycles. The van der Waals surface area contributed by atoms with Crippen LogP contribution >= 0.6 is 11.8 Å². The zero-order valence-electron chi connectivity index (χ0n) is 13.8. The van der Waals surface area contributed by atoms with E-state index in [1.54, 1.807) is 0 Å². The molecule has 1 aliphatic rings. The number of hydrogen-bond donors (Lipinski definition) is 1. The molecule has 0 aromatic carbocycles. The fourth-order valence-electron chi connectivity index (χ4n) is 2.83. The molecule has 120 valence electrons. The van der Waals surface area contributed by atoms with Gasteiger partial charge in [-0.1, -0.05) is 37.9 Å². The summed E-state index contributed by atoms with van der Waals surface area (Å²) in [6, 6.07) is 0. The molecule has 0 amide bonds. The van der Waals surface area contributed by atoms with Crippen LogP contribution in [0.1, 0.15) is 59.8 Å². The van der Waals surface area contributed by atoms with Crippen LogP contribution in [0.15, 0.2) is 5.16 Å². The van der Waals surface area contributed by atoms with Crippen molar-refractivity contribution < 1.29 is 0 Å². The van der Waals surface area contributed by atoms with Gasteiger partial charge in [0.1, 0.15) is 0 Å². The number of rotatable bonds is 6. The minimum atomic E-state index is 0.138. The number of nitrogens with zero attached hydrogens (tertiary/aromatic N) is 4. The zero-order chi connectivity index (χ0) is 15.3. The molecule has 0 bridgehead atoms. The summed E-state index contributed by atoms with van der Waals surface area (Å²) in [6.07, 6.45) is 6.66. The maximum Gasteiger partial charge on any atom is 0.209 e. The van der Waals surface area contributed by atoms with Crippen molar-refractivity contribution in [1.29, 1.82) is 0 Å². The summed E-state index contributed by atoms with van der Waals surface area (Å²) in [4.78, 5) is 0. The molecule has 1 N–H and O–H groups in total. The summed E-state index contributed by atoms with van der Waals surface area (Å²) < 4.78 is 1.94.